The van der Waals surface area contributed by atoms with Crippen LogP contribution in [-0.4, -0.2) is 36.4 Å². The number of hydrogen-bond acceptors (Lipinski definition) is 6. The number of fused-ring (bicyclic) bond motifs is 1. The minimum atomic E-state index is -4.47. The van der Waals surface area contributed by atoms with Gasteiger partial charge in [0.2, 0.25) is 0 Å². The summed E-state index contributed by atoms with van der Waals surface area (Å²) < 4.78 is 41.7. The van der Waals surface area contributed by atoms with Crippen molar-refractivity contribution in [1.29, 1.82) is 0 Å². The van der Waals surface area contributed by atoms with Crippen LogP contribution >= 0.6 is 34.5 Å². The van der Waals surface area contributed by atoms with Gasteiger partial charge < -0.3 is 0 Å². The van der Waals surface area contributed by atoms with Crippen LogP contribution in [0, 0.1) is 6.92 Å². The zero-order valence-electron chi connectivity index (χ0n) is 14.7. The Kier molecular flexibility index (Phi) is 5.09. The molecule has 0 aromatic carbocycles. The van der Waals surface area contributed by atoms with Gasteiger partial charge in [-0.15, -0.1) is 11.3 Å². The van der Waals surface area contributed by atoms with Gasteiger partial charge in [0.15, 0.2) is 4.96 Å². The molecule has 0 amide bonds. The largest absolute Gasteiger partial charge is 0.409 e. The Morgan fingerprint density at radius 3 is 2.69 bits per heavy atom. The maximum Gasteiger partial charge on any atom is 0.409 e. The highest BCUT2D eigenvalue weighted by Gasteiger charge is 2.43. The van der Waals surface area contributed by atoms with Crippen LogP contribution in [0.15, 0.2) is 34.5 Å². The summed E-state index contributed by atoms with van der Waals surface area (Å²) in [7, 11) is 0. The number of hydrazine groups is 1. The fraction of sp³-hybridized carbons (Fsp3) is 0.312. The normalized spacial score (nSPS) is 17.4. The summed E-state index contributed by atoms with van der Waals surface area (Å²) in [5.74, 6) is 0. The third-order valence-electron chi connectivity index (χ3n) is 4.30. The molecule has 1 atom stereocenters. The third kappa shape index (κ3) is 4.00. The summed E-state index contributed by atoms with van der Waals surface area (Å²) in [4.78, 5) is 18.4. The van der Waals surface area contributed by atoms with Crippen molar-refractivity contribution in [2.45, 2.75) is 32.2 Å². The summed E-state index contributed by atoms with van der Waals surface area (Å²) in [6, 6.07) is -0.595. The molecule has 4 heterocycles. The molecule has 3 aromatic heterocycles. The van der Waals surface area contributed by atoms with Crippen molar-refractivity contribution in [2.75, 3.05) is 0 Å². The molecule has 1 aliphatic heterocycles. The van der Waals surface area contributed by atoms with E-state index in [1.54, 1.807) is 10.9 Å². The number of rotatable bonds is 4. The SMILES string of the molecule is Cc1sc2nc(CN3NC(C(F)(F)F)C=C3Cl)cc(=O)n2c1Cn1cc(Cl)cn1. The lowest BCUT2D eigenvalue weighted by atomic mass is 10.3. The minimum absolute atomic E-state index is 0.0886. The van der Waals surface area contributed by atoms with E-state index in [1.807, 2.05) is 6.92 Å². The summed E-state index contributed by atoms with van der Waals surface area (Å²) in [6.45, 7) is 2.10. The molecule has 0 fully saturated rings. The lowest BCUT2D eigenvalue weighted by Gasteiger charge is -2.22. The molecule has 0 aliphatic carbocycles. The van der Waals surface area contributed by atoms with Gasteiger partial charge in [-0.2, -0.15) is 18.3 Å². The monoisotopic (exact) mass is 464 g/mol. The average Bonchev–Trinajstić information content (AvgIpc) is 3.27. The smallest absolute Gasteiger partial charge is 0.291 e. The van der Waals surface area contributed by atoms with Crippen molar-refractivity contribution in [1.82, 2.24) is 29.6 Å². The Balaban J connectivity index is 1.62. The van der Waals surface area contributed by atoms with Gasteiger partial charge in [0.25, 0.3) is 5.56 Å². The highest BCUT2D eigenvalue weighted by atomic mass is 35.5. The van der Waals surface area contributed by atoms with E-state index in [-0.39, 0.29) is 17.3 Å². The van der Waals surface area contributed by atoms with Gasteiger partial charge in [0.05, 0.1) is 35.7 Å². The number of aromatic nitrogens is 4. The fourth-order valence-corrected chi connectivity index (χ4v) is 4.36. The fourth-order valence-electron chi connectivity index (χ4n) is 2.96. The Morgan fingerprint density at radius 2 is 2.07 bits per heavy atom. The van der Waals surface area contributed by atoms with Gasteiger partial charge in [0, 0.05) is 17.1 Å². The molecule has 4 rings (SSSR count). The maximum absolute atomic E-state index is 12.9. The van der Waals surface area contributed by atoms with E-state index in [4.69, 9.17) is 23.2 Å². The van der Waals surface area contributed by atoms with Crippen LogP contribution in [0.3, 0.4) is 0 Å². The van der Waals surface area contributed by atoms with Gasteiger partial charge in [-0.3, -0.25) is 18.9 Å². The van der Waals surface area contributed by atoms with Crippen LogP contribution < -0.4 is 11.0 Å². The second-order valence-corrected chi connectivity index (χ2v) is 8.39. The van der Waals surface area contributed by atoms with Crippen LogP contribution in [0.2, 0.25) is 5.02 Å². The lowest BCUT2D eigenvalue weighted by molar-refractivity contribution is -0.150. The van der Waals surface area contributed by atoms with Crippen LogP contribution in [-0.2, 0) is 13.1 Å². The number of hydrogen-bond donors (Lipinski definition) is 1. The molecule has 1 N–H and O–H groups in total. The number of alkyl halides is 3. The minimum Gasteiger partial charge on any atom is -0.291 e. The number of aryl methyl sites for hydroxylation is 1. The quantitative estimate of drug-likeness (QED) is 0.600. The molecular formula is C16H13Cl2F3N6OS. The number of halogens is 5. The molecule has 7 nitrogen and oxygen atoms in total. The van der Waals surface area contributed by atoms with Gasteiger partial charge in [-0.1, -0.05) is 23.2 Å². The number of nitrogens with one attached hydrogen (secondary N) is 1. The van der Waals surface area contributed by atoms with E-state index in [0.717, 1.165) is 16.0 Å². The predicted molar refractivity (Wildman–Crippen MR) is 103 cm³/mol. The molecule has 0 radical (unpaired) electrons. The first kappa shape index (κ1) is 20.2. The summed E-state index contributed by atoms with van der Waals surface area (Å²) >= 11 is 13.1. The van der Waals surface area contributed by atoms with Crippen LogP contribution in [0.5, 0.6) is 0 Å². The number of thiazole rings is 1. The van der Waals surface area contributed by atoms with Crippen LogP contribution in [0.1, 0.15) is 16.3 Å². The Labute approximate surface area is 175 Å². The molecule has 1 unspecified atom stereocenters. The Bertz CT molecular complexity index is 1170. The van der Waals surface area contributed by atoms with Gasteiger partial charge in [-0.05, 0) is 13.0 Å². The maximum atomic E-state index is 12.9. The number of nitrogens with zero attached hydrogens (tertiary/aromatic N) is 5. The lowest BCUT2D eigenvalue weighted by Crippen LogP contribution is -2.44. The van der Waals surface area contributed by atoms with E-state index in [9.17, 15) is 18.0 Å². The van der Waals surface area contributed by atoms with Crippen molar-refractivity contribution in [3.05, 3.63) is 61.3 Å². The topological polar surface area (TPSA) is 67.5 Å². The highest BCUT2D eigenvalue weighted by Crippen LogP contribution is 2.29. The van der Waals surface area contributed by atoms with E-state index in [0.29, 0.717) is 27.9 Å². The first-order chi connectivity index (χ1) is 13.6. The molecule has 0 saturated heterocycles. The van der Waals surface area contributed by atoms with Gasteiger partial charge >= 0.3 is 6.18 Å². The van der Waals surface area contributed by atoms with Crippen molar-refractivity contribution in [2.24, 2.45) is 0 Å². The molecule has 0 saturated carbocycles. The zero-order chi connectivity index (χ0) is 20.9. The standard InChI is InChI=1S/C16H13Cl2F3N6OS/c1-8-11(7-25-5-9(17)4-22-25)27-14(28)2-10(23-15(27)29-8)6-26-13(18)3-12(24-26)16(19,20)21/h2-5,12,24H,6-7H2,1H3. The molecule has 3 aromatic rings. The summed E-state index contributed by atoms with van der Waals surface area (Å²) in [6.07, 6.45) is -0.461. The molecule has 154 valence electrons. The average molecular weight is 465 g/mol. The van der Waals surface area contributed by atoms with Crippen molar-refractivity contribution >= 4 is 39.5 Å². The molecule has 29 heavy (non-hydrogen) atoms. The molecule has 0 spiro atoms. The van der Waals surface area contributed by atoms with Gasteiger partial charge in [0.1, 0.15) is 11.2 Å². The Morgan fingerprint density at radius 1 is 1.31 bits per heavy atom. The molecule has 13 heteroatoms. The highest BCUT2D eigenvalue weighted by molar-refractivity contribution is 7.17. The third-order valence-corrected chi connectivity index (χ3v) is 5.83. The van der Waals surface area contributed by atoms with E-state index in [2.05, 4.69) is 15.5 Å². The van der Waals surface area contributed by atoms with E-state index < -0.39 is 12.2 Å². The molecule has 1 aliphatic rings. The second-order valence-electron chi connectivity index (χ2n) is 6.39. The van der Waals surface area contributed by atoms with Crippen LogP contribution in [0.4, 0.5) is 13.2 Å². The molecule has 0 bridgehead atoms. The van der Waals surface area contributed by atoms with Gasteiger partial charge in [-0.25, -0.2) is 10.4 Å². The Hall–Kier alpha value is -2.08. The molecular weight excluding hydrogens is 452 g/mol. The van der Waals surface area contributed by atoms with Crippen LogP contribution in [0.25, 0.3) is 4.96 Å². The van der Waals surface area contributed by atoms with Crippen molar-refractivity contribution in [3.8, 4) is 0 Å². The van der Waals surface area contributed by atoms with Crippen molar-refractivity contribution in [3.63, 3.8) is 0 Å². The first-order valence-electron chi connectivity index (χ1n) is 8.28. The summed E-state index contributed by atoms with van der Waals surface area (Å²) in [5.41, 5.74) is 2.93. The first-order valence-corrected chi connectivity index (χ1v) is 9.85. The summed E-state index contributed by atoms with van der Waals surface area (Å²) in [5, 5.41) is 5.61. The predicted octanol–water partition coefficient (Wildman–Crippen LogP) is 3.29. The zero-order valence-corrected chi connectivity index (χ0v) is 17.1. The van der Waals surface area contributed by atoms with E-state index in [1.165, 1.54) is 28.0 Å². The van der Waals surface area contributed by atoms with Crippen molar-refractivity contribution < 1.29 is 13.2 Å². The van der Waals surface area contributed by atoms with E-state index >= 15 is 0 Å². The second kappa shape index (κ2) is 7.31.